The van der Waals surface area contributed by atoms with Gasteiger partial charge in [0.05, 0.1) is 5.69 Å². The molecule has 0 aliphatic rings. The number of aromatic nitrogens is 2. The van der Waals surface area contributed by atoms with E-state index in [-0.39, 0.29) is 6.03 Å². The molecule has 0 bridgehead atoms. The Labute approximate surface area is 141 Å². The van der Waals surface area contributed by atoms with Gasteiger partial charge in [-0.1, -0.05) is 60.7 Å². The molecule has 0 fully saturated rings. The number of nitrogens with one attached hydrogen (secondary N) is 2. The highest BCUT2D eigenvalue weighted by Gasteiger charge is 2.09. The molecule has 0 aliphatic heterocycles. The lowest BCUT2D eigenvalue weighted by atomic mass is 10.1. The number of carbonyl (C=O) groups excluding carboxylic acids is 1. The van der Waals surface area contributed by atoms with Crippen molar-refractivity contribution >= 4 is 11.8 Å². The van der Waals surface area contributed by atoms with Crippen LogP contribution in [-0.4, -0.2) is 22.4 Å². The first kappa shape index (κ1) is 15.8. The van der Waals surface area contributed by atoms with E-state index < -0.39 is 0 Å². The molecule has 0 saturated carbocycles. The van der Waals surface area contributed by atoms with E-state index >= 15 is 0 Å². The molecule has 0 radical (unpaired) electrons. The third-order valence-corrected chi connectivity index (χ3v) is 3.73. The van der Waals surface area contributed by atoms with Gasteiger partial charge in [-0.25, -0.2) is 4.79 Å². The Balaban J connectivity index is 1.55. The molecule has 0 unspecified atom stereocenters. The first-order valence-electron chi connectivity index (χ1n) is 7.90. The Morgan fingerprint density at radius 2 is 1.71 bits per heavy atom. The molecule has 3 aromatic rings. The first-order valence-corrected chi connectivity index (χ1v) is 7.90. The fraction of sp³-hybridized carbons (Fsp3) is 0.158. The molecule has 1 aromatic heterocycles. The highest BCUT2D eigenvalue weighted by Crippen LogP contribution is 2.21. The van der Waals surface area contributed by atoms with E-state index in [0.29, 0.717) is 12.4 Å². The zero-order valence-electron chi connectivity index (χ0n) is 13.6. The molecule has 0 atom stereocenters. The number of anilines is 1. The maximum absolute atomic E-state index is 12.0. The van der Waals surface area contributed by atoms with E-state index in [1.807, 2.05) is 73.8 Å². The minimum atomic E-state index is -0.247. The van der Waals surface area contributed by atoms with Crippen LogP contribution in [0.2, 0.25) is 0 Å². The standard InChI is InChI=1S/C19H20N4O/c1-23-17(16-10-6-3-7-11-16)14-18(22-23)21-19(24)20-13-12-15-8-4-2-5-9-15/h2-11,14H,12-13H2,1H3,(H2,20,21,22,24). The summed E-state index contributed by atoms with van der Waals surface area (Å²) in [6.45, 7) is 0.578. The zero-order chi connectivity index (χ0) is 16.8. The van der Waals surface area contributed by atoms with Gasteiger partial charge in [-0.15, -0.1) is 0 Å². The van der Waals surface area contributed by atoms with Gasteiger partial charge in [0.15, 0.2) is 5.82 Å². The molecule has 0 spiro atoms. The van der Waals surface area contributed by atoms with Gasteiger partial charge in [0.25, 0.3) is 0 Å². The molecule has 5 heteroatoms. The van der Waals surface area contributed by atoms with Gasteiger partial charge in [-0.05, 0) is 17.5 Å². The molecule has 1 heterocycles. The summed E-state index contributed by atoms with van der Waals surface area (Å²) in [5.41, 5.74) is 3.21. The number of nitrogens with zero attached hydrogens (tertiary/aromatic N) is 2. The third-order valence-electron chi connectivity index (χ3n) is 3.73. The number of urea groups is 1. The normalized spacial score (nSPS) is 10.4. The second-order valence-corrected chi connectivity index (χ2v) is 5.52. The summed E-state index contributed by atoms with van der Waals surface area (Å²) in [4.78, 5) is 12.0. The predicted octanol–water partition coefficient (Wildman–Crippen LogP) is 3.45. The molecule has 2 amide bonds. The van der Waals surface area contributed by atoms with Crippen molar-refractivity contribution in [2.45, 2.75) is 6.42 Å². The van der Waals surface area contributed by atoms with E-state index in [4.69, 9.17) is 0 Å². The Morgan fingerprint density at radius 3 is 2.42 bits per heavy atom. The van der Waals surface area contributed by atoms with Crippen molar-refractivity contribution in [2.75, 3.05) is 11.9 Å². The number of hydrogen-bond acceptors (Lipinski definition) is 2. The number of amides is 2. The van der Waals surface area contributed by atoms with Crippen LogP contribution in [-0.2, 0) is 13.5 Å². The zero-order valence-corrected chi connectivity index (χ0v) is 13.6. The molecular formula is C19H20N4O. The molecule has 0 aliphatic carbocycles. The summed E-state index contributed by atoms with van der Waals surface area (Å²) in [5.74, 6) is 0.536. The van der Waals surface area contributed by atoms with Gasteiger partial charge in [0, 0.05) is 19.7 Å². The van der Waals surface area contributed by atoms with Crippen LogP contribution in [0.1, 0.15) is 5.56 Å². The van der Waals surface area contributed by atoms with E-state index in [1.165, 1.54) is 5.56 Å². The second-order valence-electron chi connectivity index (χ2n) is 5.52. The summed E-state index contributed by atoms with van der Waals surface area (Å²) in [6, 6.07) is 21.6. The van der Waals surface area contributed by atoms with Crippen LogP contribution in [0.15, 0.2) is 66.7 Å². The molecular weight excluding hydrogens is 300 g/mol. The number of hydrogen-bond donors (Lipinski definition) is 2. The molecule has 5 nitrogen and oxygen atoms in total. The molecule has 3 rings (SSSR count). The maximum Gasteiger partial charge on any atom is 0.320 e. The van der Waals surface area contributed by atoms with Crippen molar-refractivity contribution in [3.8, 4) is 11.3 Å². The fourth-order valence-corrected chi connectivity index (χ4v) is 2.53. The Kier molecular flexibility index (Phi) is 4.91. The van der Waals surface area contributed by atoms with E-state index in [2.05, 4.69) is 15.7 Å². The van der Waals surface area contributed by atoms with Crippen molar-refractivity contribution in [1.82, 2.24) is 15.1 Å². The lowest BCUT2D eigenvalue weighted by Crippen LogP contribution is -2.30. The monoisotopic (exact) mass is 320 g/mol. The van der Waals surface area contributed by atoms with Gasteiger partial charge in [-0.2, -0.15) is 5.10 Å². The van der Waals surface area contributed by atoms with Gasteiger partial charge < -0.3 is 5.32 Å². The molecule has 2 N–H and O–H groups in total. The van der Waals surface area contributed by atoms with Crippen LogP contribution in [0, 0.1) is 0 Å². The molecule has 2 aromatic carbocycles. The largest absolute Gasteiger partial charge is 0.337 e. The highest BCUT2D eigenvalue weighted by atomic mass is 16.2. The first-order chi connectivity index (χ1) is 11.7. The van der Waals surface area contributed by atoms with Gasteiger partial charge >= 0.3 is 6.03 Å². The van der Waals surface area contributed by atoms with Gasteiger partial charge in [0.2, 0.25) is 0 Å². The Hall–Kier alpha value is -3.08. The van der Waals surface area contributed by atoms with Crippen LogP contribution in [0.3, 0.4) is 0 Å². The number of benzene rings is 2. The SMILES string of the molecule is Cn1nc(NC(=O)NCCc2ccccc2)cc1-c1ccccc1. The number of aryl methyl sites for hydroxylation is 1. The third kappa shape index (κ3) is 4.01. The summed E-state index contributed by atoms with van der Waals surface area (Å²) < 4.78 is 1.76. The maximum atomic E-state index is 12.0. The quantitative estimate of drug-likeness (QED) is 0.756. The van der Waals surface area contributed by atoms with E-state index in [9.17, 15) is 4.79 Å². The summed E-state index contributed by atoms with van der Waals surface area (Å²) in [5, 5.41) is 9.96. The van der Waals surface area contributed by atoms with Crippen LogP contribution < -0.4 is 10.6 Å². The van der Waals surface area contributed by atoms with Crippen molar-refractivity contribution in [3.05, 3.63) is 72.3 Å². The number of rotatable bonds is 5. The lowest BCUT2D eigenvalue weighted by Gasteiger charge is -2.05. The summed E-state index contributed by atoms with van der Waals surface area (Å²) >= 11 is 0. The average Bonchev–Trinajstić information content (AvgIpc) is 2.97. The molecule has 0 saturated heterocycles. The lowest BCUT2D eigenvalue weighted by molar-refractivity contribution is 0.252. The van der Waals surface area contributed by atoms with Crippen LogP contribution >= 0.6 is 0 Å². The Bertz CT molecular complexity index is 797. The van der Waals surface area contributed by atoms with E-state index in [1.54, 1.807) is 4.68 Å². The average molecular weight is 320 g/mol. The van der Waals surface area contributed by atoms with Crippen molar-refractivity contribution in [3.63, 3.8) is 0 Å². The highest BCUT2D eigenvalue weighted by molar-refractivity contribution is 5.88. The van der Waals surface area contributed by atoms with Crippen LogP contribution in [0.4, 0.5) is 10.6 Å². The van der Waals surface area contributed by atoms with Gasteiger partial charge in [0.1, 0.15) is 0 Å². The van der Waals surface area contributed by atoms with Crippen LogP contribution in [0.25, 0.3) is 11.3 Å². The Morgan fingerprint density at radius 1 is 1.04 bits per heavy atom. The fourth-order valence-electron chi connectivity index (χ4n) is 2.53. The summed E-state index contributed by atoms with van der Waals surface area (Å²) in [7, 11) is 1.86. The van der Waals surface area contributed by atoms with Crippen LogP contribution in [0.5, 0.6) is 0 Å². The van der Waals surface area contributed by atoms with Crippen molar-refractivity contribution in [1.29, 1.82) is 0 Å². The minimum absolute atomic E-state index is 0.247. The summed E-state index contributed by atoms with van der Waals surface area (Å²) in [6.07, 6.45) is 0.797. The molecule has 122 valence electrons. The van der Waals surface area contributed by atoms with Crippen molar-refractivity contribution < 1.29 is 4.79 Å². The van der Waals surface area contributed by atoms with Gasteiger partial charge in [-0.3, -0.25) is 10.00 Å². The topological polar surface area (TPSA) is 59.0 Å². The smallest absolute Gasteiger partial charge is 0.320 e. The van der Waals surface area contributed by atoms with E-state index in [0.717, 1.165) is 17.7 Å². The molecule has 24 heavy (non-hydrogen) atoms. The van der Waals surface area contributed by atoms with Crippen molar-refractivity contribution in [2.24, 2.45) is 7.05 Å². The number of carbonyl (C=O) groups is 1. The second kappa shape index (κ2) is 7.46. The minimum Gasteiger partial charge on any atom is -0.337 e. The predicted molar refractivity (Wildman–Crippen MR) is 95.8 cm³/mol.